The highest BCUT2D eigenvalue weighted by molar-refractivity contribution is 6.58. The van der Waals surface area contributed by atoms with Crippen LogP contribution in [0.2, 0.25) is 0 Å². The number of carbonyl (C=O) groups is 1. The minimum Gasteiger partial charge on any atom is -0.477 e. The van der Waals surface area contributed by atoms with Crippen LogP contribution in [0.15, 0.2) is 42.5 Å². The summed E-state index contributed by atoms with van der Waals surface area (Å²) in [5, 5.41) is 30.4. The van der Waals surface area contributed by atoms with Gasteiger partial charge < -0.3 is 25.8 Å². The van der Waals surface area contributed by atoms with E-state index < -0.39 is 18.8 Å². The zero-order valence-electron chi connectivity index (χ0n) is 17.8. The number of carbonyl (C=O) groups excluding carboxylic acids is 1. The minimum atomic E-state index is -1.58. The molecule has 0 aliphatic carbocycles. The Labute approximate surface area is 188 Å². The number of methoxy groups -OCH3 is 1. The normalized spacial score (nSPS) is 10.9. The zero-order valence-corrected chi connectivity index (χ0v) is 17.8. The van der Waals surface area contributed by atoms with Crippen molar-refractivity contribution < 1.29 is 24.0 Å². The number of nitrogens with two attached hydrogens (primary N) is 1. The van der Waals surface area contributed by atoms with E-state index in [1.807, 2.05) is 0 Å². The first-order chi connectivity index (χ1) is 15.8. The second kappa shape index (κ2) is 8.84. The molecule has 0 fully saturated rings. The molecule has 0 aliphatic rings. The number of nitrogens with zero attached hydrogens (tertiary/aromatic N) is 4. The van der Waals surface area contributed by atoms with Crippen LogP contribution in [0, 0.1) is 12.7 Å². The highest BCUT2D eigenvalue weighted by atomic mass is 19.1. The number of aryl methyl sites for hydroxylation is 1. The Morgan fingerprint density at radius 2 is 2.03 bits per heavy atom. The molecular weight excluding hydrogens is 430 g/mol. The van der Waals surface area contributed by atoms with Crippen LogP contribution >= 0.6 is 0 Å². The van der Waals surface area contributed by atoms with E-state index in [0.29, 0.717) is 22.1 Å². The molecule has 0 radical (unpaired) electrons. The largest absolute Gasteiger partial charge is 0.488 e. The van der Waals surface area contributed by atoms with E-state index in [1.54, 1.807) is 41.8 Å². The van der Waals surface area contributed by atoms with Gasteiger partial charge >= 0.3 is 7.12 Å². The van der Waals surface area contributed by atoms with Crippen LogP contribution in [0.4, 0.5) is 10.2 Å². The summed E-state index contributed by atoms with van der Waals surface area (Å²) in [6.45, 7) is 2.04. The predicted octanol–water partition coefficient (Wildman–Crippen LogP) is 0.662. The first-order valence-corrected chi connectivity index (χ1v) is 9.87. The van der Waals surface area contributed by atoms with Crippen LogP contribution < -0.4 is 21.3 Å². The number of rotatable bonds is 7. The van der Waals surface area contributed by atoms with Crippen LogP contribution in [-0.4, -0.2) is 49.9 Å². The van der Waals surface area contributed by atoms with Gasteiger partial charge in [-0.15, -0.1) is 10.2 Å². The van der Waals surface area contributed by atoms with Crippen molar-refractivity contribution in [3.05, 3.63) is 65.1 Å². The Kier molecular flexibility index (Phi) is 5.94. The van der Waals surface area contributed by atoms with Crippen LogP contribution in [0.25, 0.3) is 16.9 Å². The van der Waals surface area contributed by atoms with Crippen LogP contribution in [0.3, 0.4) is 0 Å². The van der Waals surface area contributed by atoms with Gasteiger partial charge in [0.2, 0.25) is 5.91 Å². The van der Waals surface area contributed by atoms with E-state index in [-0.39, 0.29) is 29.8 Å². The average molecular weight is 450 g/mol. The summed E-state index contributed by atoms with van der Waals surface area (Å²) in [6, 6.07) is 10.8. The predicted molar refractivity (Wildman–Crippen MR) is 120 cm³/mol. The standard InChI is InChI=1S/C21H20BFN6O4/c1-11-6-15-16(18(24)30)8-14(23)9-17(15)29(11)21-26-19(20(33-2)27-28-21)25-10-12-4-3-5-13(7-12)22(31)32/h3-9,31-32H,10H2,1-2H3,(H2,24,30)(H,25,26,28). The highest BCUT2D eigenvalue weighted by Crippen LogP contribution is 2.28. The van der Waals surface area contributed by atoms with Gasteiger partial charge in [-0.25, -0.2) is 4.39 Å². The van der Waals surface area contributed by atoms with Crippen molar-refractivity contribution in [3.63, 3.8) is 0 Å². The molecule has 0 unspecified atom stereocenters. The third kappa shape index (κ3) is 4.34. The Balaban J connectivity index is 1.74. The van der Waals surface area contributed by atoms with Gasteiger partial charge in [-0.3, -0.25) is 9.36 Å². The molecule has 0 aliphatic heterocycles. The maximum Gasteiger partial charge on any atom is 0.488 e. The number of hydrogen-bond acceptors (Lipinski definition) is 8. The average Bonchev–Trinajstić information content (AvgIpc) is 3.12. The van der Waals surface area contributed by atoms with E-state index in [1.165, 1.54) is 13.2 Å². The summed E-state index contributed by atoms with van der Waals surface area (Å²) in [6.07, 6.45) is 0. The third-order valence-corrected chi connectivity index (χ3v) is 5.08. The molecule has 0 atom stereocenters. The monoisotopic (exact) mass is 450 g/mol. The number of anilines is 1. The molecule has 0 spiro atoms. The second-order valence-electron chi connectivity index (χ2n) is 7.31. The van der Waals surface area contributed by atoms with E-state index >= 15 is 0 Å². The second-order valence-corrected chi connectivity index (χ2v) is 7.31. The Morgan fingerprint density at radius 1 is 1.24 bits per heavy atom. The van der Waals surface area contributed by atoms with Crippen molar-refractivity contribution in [2.24, 2.45) is 5.73 Å². The van der Waals surface area contributed by atoms with Crippen molar-refractivity contribution in [3.8, 4) is 11.8 Å². The summed E-state index contributed by atoms with van der Waals surface area (Å²) in [7, 11) is -0.160. The van der Waals surface area contributed by atoms with E-state index in [4.69, 9.17) is 10.5 Å². The summed E-state index contributed by atoms with van der Waals surface area (Å²) in [4.78, 5) is 16.3. The van der Waals surface area contributed by atoms with Crippen LogP contribution in [-0.2, 0) is 6.54 Å². The van der Waals surface area contributed by atoms with E-state index in [9.17, 15) is 19.2 Å². The van der Waals surface area contributed by atoms with Crippen LogP contribution in [0.1, 0.15) is 21.6 Å². The number of nitrogens with one attached hydrogen (secondary N) is 1. The molecule has 1 amide bonds. The third-order valence-electron chi connectivity index (χ3n) is 5.08. The molecule has 12 heteroatoms. The fourth-order valence-electron chi connectivity index (χ4n) is 3.58. The summed E-state index contributed by atoms with van der Waals surface area (Å²) < 4.78 is 21.0. The molecule has 0 bridgehead atoms. The van der Waals surface area contributed by atoms with Gasteiger partial charge in [0.15, 0.2) is 5.82 Å². The molecular formula is C21H20BFN6O4. The van der Waals surface area contributed by atoms with Gasteiger partial charge in [0.25, 0.3) is 11.8 Å². The number of hydrogen-bond donors (Lipinski definition) is 4. The lowest BCUT2D eigenvalue weighted by atomic mass is 9.80. The van der Waals surface area contributed by atoms with Crippen LogP contribution in [0.5, 0.6) is 5.88 Å². The van der Waals surface area contributed by atoms with Crippen molar-refractivity contribution in [1.29, 1.82) is 0 Å². The molecule has 4 rings (SSSR count). The highest BCUT2D eigenvalue weighted by Gasteiger charge is 2.19. The van der Waals surface area contributed by atoms with Gasteiger partial charge in [0.05, 0.1) is 18.2 Å². The van der Waals surface area contributed by atoms with Crippen molar-refractivity contribution in [1.82, 2.24) is 19.7 Å². The molecule has 168 valence electrons. The summed E-state index contributed by atoms with van der Waals surface area (Å²) >= 11 is 0. The van der Waals surface area contributed by atoms with E-state index in [0.717, 1.165) is 11.6 Å². The van der Waals surface area contributed by atoms with Gasteiger partial charge in [-0.1, -0.05) is 24.3 Å². The number of halogens is 1. The number of benzene rings is 2. The lowest BCUT2D eigenvalue weighted by molar-refractivity contribution is 0.100. The quantitative estimate of drug-likeness (QED) is 0.300. The number of aromatic nitrogens is 4. The number of primary amides is 1. The van der Waals surface area contributed by atoms with Crippen molar-refractivity contribution in [2.75, 3.05) is 12.4 Å². The summed E-state index contributed by atoms with van der Waals surface area (Å²) in [5.74, 6) is -0.837. The van der Waals surface area contributed by atoms with Crippen molar-refractivity contribution >= 4 is 35.2 Å². The van der Waals surface area contributed by atoms with Crippen molar-refractivity contribution in [2.45, 2.75) is 13.5 Å². The van der Waals surface area contributed by atoms with E-state index in [2.05, 4.69) is 20.5 Å². The Hall–Kier alpha value is -4.03. The lowest BCUT2D eigenvalue weighted by Gasteiger charge is -2.12. The zero-order chi connectivity index (χ0) is 23.7. The number of fused-ring (bicyclic) bond motifs is 1. The van der Waals surface area contributed by atoms with Gasteiger partial charge in [-0.05, 0) is 36.1 Å². The molecule has 10 nitrogen and oxygen atoms in total. The molecule has 0 saturated carbocycles. The first kappa shape index (κ1) is 22.2. The molecule has 2 heterocycles. The Bertz CT molecular complexity index is 1360. The molecule has 0 saturated heterocycles. The molecule has 4 aromatic rings. The SMILES string of the molecule is COc1nnc(-n2c(C)cc3c(C(N)=O)cc(F)cc32)nc1NCc1cccc(B(O)O)c1. The number of ether oxygens (including phenoxy) is 1. The molecule has 33 heavy (non-hydrogen) atoms. The van der Waals surface area contributed by atoms with Gasteiger partial charge in [-0.2, -0.15) is 4.98 Å². The van der Waals surface area contributed by atoms with Gasteiger partial charge in [0, 0.05) is 17.6 Å². The fourth-order valence-corrected chi connectivity index (χ4v) is 3.58. The molecule has 2 aromatic carbocycles. The molecule has 2 aromatic heterocycles. The minimum absolute atomic E-state index is 0.0534. The van der Waals surface area contributed by atoms with Gasteiger partial charge in [0.1, 0.15) is 5.82 Å². The Morgan fingerprint density at radius 3 is 2.73 bits per heavy atom. The first-order valence-electron chi connectivity index (χ1n) is 9.87. The smallest absolute Gasteiger partial charge is 0.477 e. The maximum absolute atomic E-state index is 14.2. The number of amides is 1. The fraction of sp³-hybridized carbons (Fsp3) is 0.143. The topological polar surface area (TPSA) is 148 Å². The lowest BCUT2D eigenvalue weighted by Crippen LogP contribution is -2.30. The summed E-state index contributed by atoms with van der Waals surface area (Å²) in [5.41, 5.74) is 7.59. The molecule has 5 N–H and O–H groups in total. The maximum atomic E-state index is 14.2.